The van der Waals surface area contributed by atoms with E-state index in [-0.39, 0.29) is 102 Å². The number of carbonyl (C=O) groups is 12. The van der Waals surface area contributed by atoms with Crippen molar-refractivity contribution in [3.8, 4) is 0 Å². The first kappa shape index (κ1) is 82.7. The quantitative estimate of drug-likeness (QED) is 0.0304. The predicted octanol–water partition coefficient (Wildman–Crippen LogP) is -2.87. The SMILES string of the molecule is CCC(C)CCCCC(=O)NCC[C@@H]1NC(=O)[C@H](CCN)NC(=O)[C@H](CC(C)C)NC(=O)[C@@H](Cc2ccccc2)NC(=O)[C@H](CCN)NC(=O)[C@@H](NC(=O)[C@H](CCN)NC(=O)[C@@H](NC(=O)[C@H](CCN)NC(=O)CCCCC(C)C)[C@@H](C)O)CCNC(=O)[C@H]([C@@H](C)O)NC1=O. The normalized spacial score (nSPS) is 21.8. The number of aliphatic hydroxyl groups is 2. The van der Waals surface area contributed by atoms with Gasteiger partial charge in [-0.25, -0.2) is 0 Å². The Kier molecular flexibility index (Phi) is 39.7. The van der Waals surface area contributed by atoms with Crippen molar-refractivity contribution in [3.05, 3.63) is 35.9 Å². The molecule has 1 fully saturated rings. The van der Waals surface area contributed by atoms with Crippen LogP contribution in [0.2, 0.25) is 0 Å². The molecule has 30 nitrogen and oxygen atoms in total. The lowest BCUT2D eigenvalue weighted by atomic mass is 10.00. The van der Waals surface area contributed by atoms with E-state index in [1.54, 1.807) is 44.2 Å². The van der Waals surface area contributed by atoms with Gasteiger partial charge in [-0.2, -0.15) is 0 Å². The van der Waals surface area contributed by atoms with Crippen molar-refractivity contribution < 1.29 is 67.7 Å². The molecule has 1 aromatic rings. The van der Waals surface area contributed by atoms with Gasteiger partial charge in [0.2, 0.25) is 70.9 Å². The molecule has 0 aromatic heterocycles. The van der Waals surface area contributed by atoms with Crippen LogP contribution >= 0.6 is 0 Å². The first-order valence-electron chi connectivity index (χ1n) is 33.4. The van der Waals surface area contributed by atoms with Crippen molar-refractivity contribution in [2.45, 2.75) is 237 Å². The van der Waals surface area contributed by atoms with Gasteiger partial charge in [-0.3, -0.25) is 57.5 Å². The fourth-order valence-corrected chi connectivity index (χ4v) is 10.2. The summed E-state index contributed by atoms with van der Waals surface area (Å²) in [5.74, 6) is -9.56. The largest absolute Gasteiger partial charge is 0.391 e. The minimum Gasteiger partial charge on any atom is -0.391 e. The van der Waals surface area contributed by atoms with Crippen molar-refractivity contribution in [1.82, 2.24) is 63.8 Å². The molecule has 30 heteroatoms. The maximum absolute atomic E-state index is 14.7. The molecule has 1 unspecified atom stereocenters. The highest BCUT2D eigenvalue weighted by Gasteiger charge is 2.38. The van der Waals surface area contributed by atoms with Crippen molar-refractivity contribution in [1.29, 1.82) is 0 Å². The molecule has 13 atom stereocenters. The van der Waals surface area contributed by atoms with E-state index in [4.69, 9.17) is 22.9 Å². The topological polar surface area (TPSA) is 494 Å². The van der Waals surface area contributed by atoms with E-state index in [0.717, 1.165) is 32.1 Å². The summed E-state index contributed by atoms with van der Waals surface area (Å²) in [6.07, 6.45) is 1.16. The van der Waals surface area contributed by atoms with Gasteiger partial charge in [0, 0.05) is 32.4 Å². The number of nitrogens with two attached hydrogens (primary N) is 4. The summed E-state index contributed by atoms with van der Waals surface area (Å²) in [4.78, 5) is 169. The second-order valence-electron chi connectivity index (χ2n) is 25.2. The zero-order chi connectivity index (χ0) is 70.5. The van der Waals surface area contributed by atoms with E-state index in [0.29, 0.717) is 30.2 Å². The molecule has 0 saturated carbocycles. The van der Waals surface area contributed by atoms with E-state index < -0.39 is 151 Å². The summed E-state index contributed by atoms with van der Waals surface area (Å²) in [5, 5.41) is 53.0. The summed E-state index contributed by atoms with van der Waals surface area (Å²) in [6.45, 7) is 13.0. The van der Waals surface area contributed by atoms with Gasteiger partial charge in [-0.05, 0) is 121 Å². The molecular weight excluding hydrogens is 1220 g/mol. The van der Waals surface area contributed by atoms with E-state index in [2.05, 4.69) is 91.5 Å². The molecule has 2 rings (SSSR count). The Hall–Kier alpha value is -7.38. The maximum atomic E-state index is 14.7. The Morgan fingerprint density at radius 3 is 1.59 bits per heavy atom. The lowest BCUT2D eigenvalue weighted by Gasteiger charge is -2.29. The minimum absolute atomic E-state index is 0.0215. The number of hydrogen-bond donors (Lipinski definition) is 18. The van der Waals surface area contributed by atoms with Gasteiger partial charge < -0.3 is 96.9 Å². The molecule has 1 saturated heterocycles. The van der Waals surface area contributed by atoms with Gasteiger partial charge in [0.25, 0.3) is 0 Å². The lowest BCUT2D eigenvalue weighted by Crippen LogP contribution is -2.62. The van der Waals surface area contributed by atoms with Crippen LogP contribution in [0.4, 0.5) is 0 Å². The number of rotatable bonds is 35. The highest BCUT2D eigenvalue weighted by atomic mass is 16.3. The van der Waals surface area contributed by atoms with Crippen LogP contribution in [-0.2, 0) is 64.0 Å². The van der Waals surface area contributed by atoms with Crippen molar-refractivity contribution in [3.63, 3.8) is 0 Å². The molecule has 22 N–H and O–H groups in total. The molecule has 1 heterocycles. The molecule has 0 spiro atoms. The third-order valence-electron chi connectivity index (χ3n) is 16.0. The first-order valence-corrected chi connectivity index (χ1v) is 33.4. The molecule has 0 bridgehead atoms. The van der Waals surface area contributed by atoms with Gasteiger partial charge >= 0.3 is 0 Å². The highest BCUT2D eigenvalue weighted by molar-refractivity contribution is 5.99. The Morgan fingerprint density at radius 2 is 1.04 bits per heavy atom. The number of hydrogen-bond acceptors (Lipinski definition) is 18. The number of benzene rings is 1. The van der Waals surface area contributed by atoms with Gasteiger partial charge in [0.15, 0.2) is 0 Å². The molecule has 0 aliphatic carbocycles. The van der Waals surface area contributed by atoms with Crippen LogP contribution in [0.3, 0.4) is 0 Å². The zero-order valence-electron chi connectivity index (χ0n) is 56.4. The summed E-state index contributed by atoms with van der Waals surface area (Å²) in [7, 11) is 0. The second-order valence-corrected chi connectivity index (χ2v) is 25.2. The smallest absolute Gasteiger partial charge is 0.245 e. The lowest BCUT2D eigenvalue weighted by molar-refractivity contribution is -0.137. The van der Waals surface area contributed by atoms with Crippen molar-refractivity contribution in [2.75, 3.05) is 39.3 Å². The van der Waals surface area contributed by atoms with Crippen LogP contribution < -0.4 is 86.7 Å². The van der Waals surface area contributed by atoms with Crippen molar-refractivity contribution >= 4 is 70.9 Å². The average Bonchev–Trinajstić information content (AvgIpc) is 1.05. The first-order chi connectivity index (χ1) is 44.6. The van der Waals surface area contributed by atoms with E-state index in [1.807, 2.05) is 0 Å². The van der Waals surface area contributed by atoms with Crippen LogP contribution in [0, 0.1) is 17.8 Å². The maximum Gasteiger partial charge on any atom is 0.245 e. The second kappa shape index (κ2) is 45.1. The highest BCUT2D eigenvalue weighted by Crippen LogP contribution is 2.15. The van der Waals surface area contributed by atoms with Crippen LogP contribution in [0.1, 0.15) is 164 Å². The Balaban J connectivity index is 2.74. The summed E-state index contributed by atoms with van der Waals surface area (Å²) in [5.41, 5.74) is 24.3. The molecule has 0 radical (unpaired) electrons. The van der Waals surface area contributed by atoms with E-state index in [9.17, 15) is 67.7 Å². The monoisotopic (exact) mass is 1330 g/mol. The zero-order valence-corrected chi connectivity index (χ0v) is 56.4. The van der Waals surface area contributed by atoms with Gasteiger partial charge in [-0.15, -0.1) is 0 Å². The number of amides is 12. The van der Waals surface area contributed by atoms with Crippen LogP contribution in [-0.4, -0.2) is 193 Å². The summed E-state index contributed by atoms with van der Waals surface area (Å²) < 4.78 is 0. The fraction of sp³-hybridized carbons (Fsp3) is 0.719. The van der Waals surface area contributed by atoms with Crippen LogP contribution in [0.15, 0.2) is 30.3 Å². The Morgan fingerprint density at radius 1 is 0.532 bits per heavy atom. The summed E-state index contributed by atoms with van der Waals surface area (Å²) >= 11 is 0. The van der Waals surface area contributed by atoms with E-state index >= 15 is 0 Å². The number of unbranched alkanes of at least 4 members (excludes halogenated alkanes) is 2. The number of carbonyl (C=O) groups excluding carboxylic acids is 12. The van der Waals surface area contributed by atoms with Gasteiger partial charge in [-0.1, -0.05) is 104 Å². The van der Waals surface area contributed by atoms with Crippen molar-refractivity contribution in [2.24, 2.45) is 40.7 Å². The molecular formula is C64H112N16O14. The Labute approximate surface area is 553 Å². The third kappa shape index (κ3) is 31.7. The molecule has 1 aromatic carbocycles. The number of nitrogens with one attached hydrogen (secondary N) is 12. The Bertz CT molecular complexity index is 2560. The fourth-order valence-electron chi connectivity index (χ4n) is 10.2. The van der Waals surface area contributed by atoms with Gasteiger partial charge in [0.05, 0.1) is 12.2 Å². The van der Waals surface area contributed by atoms with Crippen LogP contribution in [0.5, 0.6) is 0 Å². The van der Waals surface area contributed by atoms with Gasteiger partial charge in [0.1, 0.15) is 60.4 Å². The van der Waals surface area contributed by atoms with E-state index in [1.165, 1.54) is 13.8 Å². The number of aliphatic hydroxyl groups excluding tert-OH is 2. The minimum atomic E-state index is -1.75. The average molecular weight is 1330 g/mol. The molecule has 1 aliphatic heterocycles. The summed E-state index contributed by atoms with van der Waals surface area (Å²) in [6, 6.07) is -6.61. The molecule has 94 heavy (non-hydrogen) atoms. The molecule has 12 amide bonds. The standard InChI is InChI=1S/C64H112N16O14/c1-9-39(6)18-14-16-21-51(83)69-33-27-48-60(90)79-53(40(7)81)63(93)70-34-28-47(74-56(86)46(26-32-68)76-64(94)54(41(8)82)80-59(89)43(23-29-65)71-52(84)22-15-13-17-37(2)3)58(88)72-45(25-31-67)57(87)78-50(36-42-19-11-10-12-20-42)62(92)77-49(35-38(4)5)61(91)73-44(24-30-66)55(85)75-48/h10-12,19-20,37-41,43-50,53-54,81-82H,9,13-18,21-36,65-68H2,1-8H3,(H,69,83)(H,70,93)(H,71,84)(H,72,88)(H,73,91)(H,74,86)(H,75,85)(H,76,94)(H,77,92)(H,78,87)(H,79,90)(H,80,89)/t39?,40-,41-,43+,44+,45+,46+,47+,48+,49+,50-,53+,54+/m1/s1. The third-order valence-corrected chi connectivity index (χ3v) is 16.0. The molecule has 532 valence electrons. The molecule has 1 aliphatic rings. The van der Waals surface area contributed by atoms with Crippen LogP contribution in [0.25, 0.3) is 0 Å². The predicted molar refractivity (Wildman–Crippen MR) is 353 cm³/mol.